The Bertz CT molecular complexity index is 3140. The number of benzene rings is 8. The number of hydrogen-bond acceptors (Lipinski definition) is 3. The fourth-order valence-corrected chi connectivity index (χ4v) is 9.74. The first kappa shape index (κ1) is 31.8. The molecular formula is C54H33N3. The van der Waals surface area contributed by atoms with E-state index in [1.54, 1.807) is 0 Å². The average molecular weight is 724 g/mol. The number of nitrogens with zero attached hydrogens (tertiary/aromatic N) is 3. The van der Waals surface area contributed by atoms with Crippen LogP contribution in [0.5, 0.6) is 0 Å². The van der Waals surface area contributed by atoms with E-state index in [9.17, 15) is 0 Å². The standard InChI is InChI=1S/C54H33N3/c1-3-16-34(17-4-1)48-33-49(57-53(56-48)35-18-5-2-6-19-35)36-20-15-21-37(32-36)52-42-30-31-46-51(50(42)41-25-10-14-29-47(41)55-52)40-24-9-13-28-45(40)54(46)43-26-11-7-22-38(43)39-23-8-12-27-44(39)54/h1-33H. The Kier molecular flexibility index (Phi) is 6.84. The Morgan fingerprint density at radius 2 is 0.877 bits per heavy atom. The monoisotopic (exact) mass is 723 g/mol. The van der Waals surface area contributed by atoms with Crippen LogP contribution in [0.3, 0.4) is 0 Å². The first-order valence-electron chi connectivity index (χ1n) is 19.5. The highest BCUT2D eigenvalue weighted by Crippen LogP contribution is 2.64. The fraction of sp³-hybridized carbons (Fsp3) is 0.0185. The van der Waals surface area contributed by atoms with Crippen molar-refractivity contribution in [1.82, 2.24) is 15.0 Å². The summed E-state index contributed by atoms with van der Waals surface area (Å²) in [6.07, 6.45) is 0. The van der Waals surface area contributed by atoms with Gasteiger partial charge in [-0.3, -0.25) is 0 Å². The fourth-order valence-electron chi connectivity index (χ4n) is 9.74. The third-order valence-electron chi connectivity index (χ3n) is 12.1. The molecule has 2 aliphatic carbocycles. The van der Waals surface area contributed by atoms with Gasteiger partial charge in [-0.15, -0.1) is 0 Å². The number of para-hydroxylation sites is 1. The van der Waals surface area contributed by atoms with Gasteiger partial charge in [0.15, 0.2) is 5.82 Å². The predicted molar refractivity (Wildman–Crippen MR) is 233 cm³/mol. The minimum Gasteiger partial charge on any atom is -0.247 e. The van der Waals surface area contributed by atoms with Crippen molar-refractivity contribution >= 4 is 21.7 Å². The van der Waals surface area contributed by atoms with Crippen LogP contribution in [0.15, 0.2) is 200 Å². The van der Waals surface area contributed by atoms with E-state index in [1.165, 1.54) is 49.9 Å². The molecule has 3 heteroatoms. The van der Waals surface area contributed by atoms with Crippen LogP contribution in [0.1, 0.15) is 22.3 Å². The maximum absolute atomic E-state index is 5.45. The third kappa shape index (κ3) is 4.57. The molecule has 10 aromatic rings. The van der Waals surface area contributed by atoms with Crippen LogP contribution in [-0.2, 0) is 5.41 Å². The van der Waals surface area contributed by atoms with Gasteiger partial charge in [-0.25, -0.2) is 15.0 Å². The van der Waals surface area contributed by atoms with E-state index < -0.39 is 5.41 Å². The summed E-state index contributed by atoms with van der Waals surface area (Å²) in [5.74, 6) is 0.699. The van der Waals surface area contributed by atoms with Gasteiger partial charge in [-0.1, -0.05) is 182 Å². The molecule has 2 aliphatic rings. The van der Waals surface area contributed by atoms with Gasteiger partial charge in [0.2, 0.25) is 0 Å². The number of aromatic nitrogens is 3. The quantitative estimate of drug-likeness (QED) is 0.170. The molecule has 0 fully saturated rings. The smallest absolute Gasteiger partial charge is 0.160 e. The summed E-state index contributed by atoms with van der Waals surface area (Å²) in [6, 6.07) is 71.8. The van der Waals surface area contributed by atoms with E-state index in [0.29, 0.717) is 5.82 Å². The normalized spacial score (nSPS) is 13.1. The molecule has 0 aliphatic heterocycles. The molecule has 0 N–H and O–H groups in total. The summed E-state index contributed by atoms with van der Waals surface area (Å²) in [4.78, 5) is 15.7. The highest BCUT2D eigenvalue weighted by molar-refractivity contribution is 6.20. The summed E-state index contributed by atoms with van der Waals surface area (Å²) in [5.41, 5.74) is 17.9. The molecule has 264 valence electrons. The maximum Gasteiger partial charge on any atom is 0.160 e. The van der Waals surface area contributed by atoms with E-state index in [1.807, 2.05) is 24.3 Å². The van der Waals surface area contributed by atoms with Crippen LogP contribution < -0.4 is 0 Å². The van der Waals surface area contributed by atoms with E-state index in [-0.39, 0.29) is 0 Å². The van der Waals surface area contributed by atoms with Crippen molar-refractivity contribution in [3.8, 4) is 67.4 Å². The summed E-state index contributed by atoms with van der Waals surface area (Å²) in [6.45, 7) is 0. The minimum atomic E-state index is -0.419. The molecule has 0 saturated heterocycles. The van der Waals surface area contributed by atoms with Gasteiger partial charge in [-0.2, -0.15) is 0 Å². The van der Waals surface area contributed by atoms with Crippen molar-refractivity contribution in [1.29, 1.82) is 0 Å². The van der Waals surface area contributed by atoms with Crippen LogP contribution in [0, 0.1) is 0 Å². The summed E-state index contributed by atoms with van der Waals surface area (Å²) in [5, 5.41) is 3.53. The van der Waals surface area contributed by atoms with E-state index in [0.717, 1.165) is 55.6 Å². The first-order chi connectivity index (χ1) is 28.3. The van der Waals surface area contributed by atoms with Gasteiger partial charge < -0.3 is 0 Å². The van der Waals surface area contributed by atoms with Gasteiger partial charge in [0.25, 0.3) is 0 Å². The highest BCUT2D eigenvalue weighted by atomic mass is 14.9. The van der Waals surface area contributed by atoms with Gasteiger partial charge >= 0.3 is 0 Å². The van der Waals surface area contributed by atoms with E-state index in [2.05, 4.69) is 176 Å². The van der Waals surface area contributed by atoms with Gasteiger partial charge in [0.05, 0.1) is 28.0 Å². The molecule has 8 aromatic carbocycles. The van der Waals surface area contributed by atoms with Gasteiger partial charge in [0, 0.05) is 38.4 Å². The topological polar surface area (TPSA) is 38.7 Å². The van der Waals surface area contributed by atoms with Crippen molar-refractivity contribution < 1.29 is 0 Å². The number of hydrogen-bond donors (Lipinski definition) is 0. The molecule has 0 bridgehead atoms. The van der Waals surface area contributed by atoms with E-state index in [4.69, 9.17) is 15.0 Å². The summed E-state index contributed by atoms with van der Waals surface area (Å²) in [7, 11) is 0. The molecule has 12 rings (SSSR count). The van der Waals surface area contributed by atoms with Gasteiger partial charge in [-0.05, 0) is 62.7 Å². The van der Waals surface area contributed by atoms with Crippen LogP contribution >= 0.6 is 0 Å². The molecule has 0 radical (unpaired) electrons. The van der Waals surface area contributed by atoms with Crippen molar-refractivity contribution in [2.75, 3.05) is 0 Å². The maximum atomic E-state index is 5.45. The minimum absolute atomic E-state index is 0.419. The molecular weight excluding hydrogens is 691 g/mol. The van der Waals surface area contributed by atoms with Crippen molar-refractivity contribution in [3.63, 3.8) is 0 Å². The Hall–Kier alpha value is -7.49. The predicted octanol–water partition coefficient (Wildman–Crippen LogP) is 13.2. The lowest BCUT2D eigenvalue weighted by Gasteiger charge is -2.30. The van der Waals surface area contributed by atoms with Crippen LogP contribution in [-0.4, -0.2) is 15.0 Å². The van der Waals surface area contributed by atoms with Crippen LogP contribution in [0.4, 0.5) is 0 Å². The lowest BCUT2D eigenvalue weighted by atomic mass is 9.70. The Morgan fingerprint density at radius 3 is 1.60 bits per heavy atom. The second-order valence-electron chi connectivity index (χ2n) is 15.0. The van der Waals surface area contributed by atoms with Crippen molar-refractivity contribution in [3.05, 3.63) is 222 Å². The van der Waals surface area contributed by atoms with E-state index >= 15 is 0 Å². The molecule has 2 aromatic heterocycles. The third-order valence-corrected chi connectivity index (χ3v) is 12.1. The average Bonchev–Trinajstić information content (AvgIpc) is 3.77. The largest absolute Gasteiger partial charge is 0.247 e. The second kappa shape index (κ2) is 12.3. The zero-order valence-corrected chi connectivity index (χ0v) is 30.9. The molecule has 3 nitrogen and oxygen atoms in total. The lowest BCUT2D eigenvalue weighted by Crippen LogP contribution is -2.25. The molecule has 2 heterocycles. The molecule has 57 heavy (non-hydrogen) atoms. The zero-order valence-electron chi connectivity index (χ0n) is 30.9. The molecule has 1 spiro atoms. The number of rotatable bonds is 4. The SMILES string of the molecule is c1ccc(-c2cc(-c3cccc(-c4nc5ccccc5c5c6c(ccc45)C4(c5ccccc5-c5ccccc54)c4ccccc4-6)c3)nc(-c3ccccc3)n2)cc1. The van der Waals surface area contributed by atoms with Crippen molar-refractivity contribution in [2.45, 2.75) is 5.41 Å². The highest BCUT2D eigenvalue weighted by Gasteiger charge is 2.52. The molecule has 0 saturated carbocycles. The number of pyridine rings is 1. The van der Waals surface area contributed by atoms with Crippen LogP contribution in [0.25, 0.3) is 89.1 Å². The zero-order chi connectivity index (χ0) is 37.5. The lowest BCUT2D eigenvalue weighted by molar-refractivity contribution is 0.794. The van der Waals surface area contributed by atoms with Crippen LogP contribution in [0.2, 0.25) is 0 Å². The Morgan fingerprint density at radius 1 is 0.333 bits per heavy atom. The summed E-state index contributed by atoms with van der Waals surface area (Å²) < 4.78 is 0. The Balaban J connectivity index is 1.11. The van der Waals surface area contributed by atoms with Crippen molar-refractivity contribution in [2.24, 2.45) is 0 Å². The molecule has 0 amide bonds. The second-order valence-corrected chi connectivity index (χ2v) is 15.0. The molecule has 0 atom stereocenters. The molecule has 0 unspecified atom stereocenters. The number of fused-ring (bicyclic) bond motifs is 14. The Labute approximate surface area is 330 Å². The first-order valence-corrected chi connectivity index (χ1v) is 19.5. The van der Waals surface area contributed by atoms with Gasteiger partial charge in [0.1, 0.15) is 0 Å². The summed E-state index contributed by atoms with van der Waals surface area (Å²) >= 11 is 0.